The molecule has 0 aromatic rings. The minimum Gasteiger partial charge on any atom is -0.278 e. The average molecular weight is 156 g/mol. The molecule has 0 spiro atoms. The van der Waals surface area contributed by atoms with E-state index in [0.717, 1.165) is 0 Å². The first-order valence-corrected chi connectivity index (χ1v) is 2.53. The molecule has 0 bridgehead atoms. The molecular formula is C7H16N4. The van der Waals surface area contributed by atoms with E-state index in [2.05, 4.69) is 46.8 Å². The highest BCUT2D eigenvalue weighted by molar-refractivity contribution is 5.26. The van der Waals surface area contributed by atoms with Gasteiger partial charge in [0.05, 0.1) is 0 Å². The number of rotatable bonds is 4. The molecule has 0 aliphatic heterocycles. The molecule has 64 valence electrons. The lowest BCUT2D eigenvalue weighted by Gasteiger charge is -1.68. The highest BCUT2D eigenvalue weighted by atomic mass is 14.9. The average Bonchev–Trinajstić information content (AvgIpc) is 1.93. The Labute approximate surface area is 68.5 Å². The zero-order valence-corrected chi connectivity index (χ0v) is 6.03. The number of aliphatic imine (C=N–C) groups is 4. The predicted molar refractivity (Wildman–Crippen MR) is 54.7 cm³/mol. The van der Waals surface area contributed by atoms with Crippen LogP contribution in [0.3, 0.4) is 0 Å². The van der Waals surface area contributed by atoms with Crippen molar-refractivity contribution in [2.45, 2.75) is 7.43 Å². The Hall–Kier alpha value is -1.32. The van der Waals surface area contributed by atoms with Crippen molar-refractivity contribution >= 4 is 26.9 Å². The van der Waals surface area contributed by atoms with Gasteiger partial charge in [-0.1, -0.05) is 7.43 Å². The minimum absolute atomic E-state index is 0. The molecule has 0 rings (SSSR count). The van der Waals surface area contributed by atoms with Crippen LogP contribution in [0.5, 0.6) is 0 Å². The van der Waals surface area contributed by atoms with Gasteiger partial charge in [0.2, 0.25) is 0 Å². The van der Waals surface area contributed by atoms with Gasteiger partial charge in [-0.15, -0.1) is 0 Å². The van der Waals surface area contributed by atoms with Crippen molar-refractivity contribution in [2.75, 3.05) is 13.3 Å². The van der Waals surface area contributed by atoms with Crippen LogP contribution in [0.4, 0.5) is 0 Å². The van der Waals surface area contributed by atoms with Crippen molar-refractivity contribution < 1.29 is 0 Å². The number of hydrogen-bond acceptors (Lipinski definition) is 4. The van der Waals surface area contributed by atoms with E-state index in [9.17, 15) is 0 Å². The van der Waals surface area contributed by atoms with Gasteiger partial charge in [-0.3, -0.25) is 20.0 Å². The molecule has 0 saturated carbocycles. The maximum atomic E-state index is 3.38. The van der Waals surface area contributed by atoms with E-state index in [-0.39, 0.29) is 7.43 Å². The van der Waals surface area contributed by atoms with Crippen molar-refractivity contribution in [3.05, 3.63) is 0 Å². The Morgan fingerprint density at radius 1 is 0.636 bits per heavy atom. The van der Waals surface area contributed by atoms with E-state index in [1.54, 1.807) is 0 Å². The van der Waals surface area contributed by atoms with Gasteiger partial charge in [-0.25, -0.2) is 0 Å². The van der Waals surface area contributed by atoms with Gasteiger partial charge in [0.25, 0.3) is 0 Å². The molecule has 0 fully saturated rings. The third kappa shape index (κ3) is 53.9. The molecule has 11 heavy (non-hydrogen) atoms. The van der Waals surface area contributed by atoms with E-state index < -0.39 is 0 Å². The van der Waals surface area contributed by atoms with Crippen LogP contribution in [0, 0.1) is 0 Å². The Morgan fingerprint density at radius 2 is 0.818 bits per heavy atom. The fourth-order valence-corrected chi connectivity index (χ4v) is 0.141. The highest BCUT2D eigenvalue weighted by Gasteiger charge is 1.51. The van der Waals surface area contributed by atoms with Crippen LogP contribution in [-0.4, -0.2) is 40.2 Å². The summed E-state index contributed by atoms with van der Waals surface area (Å²) in [6.45, 7) is 13.5. The summed E-state index contributed by atoms with van der Waals surface area (Å²) in [7, 11) is 0. The Balaban J connectivity index is -0.000000107. The molecule has 0 atom stereocenters. The summed E-state index contributed by atoms with van der Waals surface area (Å²) >= 11 is 0. The fourth-order valence-electron chi connectivity index (χ4n) is 0.141. The number of nitrogens with zero attached hydrogens (tertiary/aromatic N) is 4. The molecular weight excluding hydrogens is 140 g/mol. The van der Waals surface area contributed by atoms with Crippen molar-refractivity contribution in [3.63, 3.8) is 0 Å². The largest absolute Gasteiger partial charge is 0.278 e. The maximum Gasteiger partial charge on any atom is 0.127 e. The summed E-state index contributed by atoms with van der Waals surface area (Å²) in [5.41, 5.74) is 0. The molecule has 0 amide bonds. The SMILES string of the molecule is C.C=NCN=C.C=NCN=C. The van der Waals surface area contributed by atoms with E-state index in [1.807, 2.05) is 0 Å². The molecule has 0 aromatic heterocycles. The predicted octanol–water partition coefficient (Wildman–Crippen LogP) is 1.33. The van der Waals surface area contributed by atoms with Gasteiger partial charge in [0.1, 0.15) is 13.3 Å². The summed E-state index contributed by atoms with van der Waals surface area (Å²) in [6.07, 6.45) is 0. The van der Waals surface area contributed by atoms with Crippen molar-refractivity contribution in [1.82, 2.24) is 0 Å². The molecule has 0 radical (unpaired) electrons. The molecule has 0 unspecified atom stereocenters. The third-order valence-electron chi connectivity index (χ3n) is 0.400. The Bertz CT molecular complexity index is 83.0. The first kappa shape index (κ1) is 16.3. The molecule has 4 heteroatoms. The second-order valence-electron chi connectivity index (χ2n) is 1.18. The minimum atomic E-state index is 0. The van der Waals surface area contributed by atoms with Gasteiger partial charge in [0, 0.05) is 0 Å². The van der Waals surface area contributed by atoms with E-state index in [4.69, 9.17) is 0 Å². The van der Waals surface area contributed by atoms with Crippen molar-refractivity contribution in [3.8, 4) is 0 Å². The second-order valence-corrected chi connectivity index (χ2v) is 1.18. The van der Waals surface area contributed by atoms with Crippen LogP contribution >= 0.6 is 0 Å². The monoisotopic (exact) mass is 156 g/mol. The van der Waals surface area contributed by atoms with Gasteiger partial charge >= 0.3 is 0 Å². The van der Waals surface area contributed by atoms with Gasteiger partial charge in [-0.05, 0) is 26.9 Å². The van der Waals surface area contributed by atoms with Gasteiger partial charge < -0.3 is 0 Å². The van der Waals surface area contributed by atoms with Crippen molar-refractivity contribution in [2.24, 2.45) is 20.0 Å². The summed E-state index contributed by atoms with van der Waals surface area (Å²) in [5.74, 6) is 0. The lowest BCUT2D eigenvalue weighted by atomic mass is 11.1. The van der Waals surface area contributed by atoms with E-state index in [0.29, 0.717) is 13.3 Å². The van der Waals surface area contributed by atoms with E-state index in [1.165, 1.54) is 0 Å². The van der Waals surface area contributed by atoms with Crippen LogP contribution in [-0.2, 0) is 0 Å². The van der Waals surface area contributed by atoms with Gasteiger partial charge in [-0.2, -0.15) is 0 Å². The maximum absolute atomic E-state index is 3.38. The summed E-state index contributed by atoms with van der Waals surface area (Å²) in [5, 5.41) is 0. The first-order valence-electron chi connectivity index (χ1n) is 2.53. The summed E-state index contributed by atoms with van der Waals surface area (Å²) < 4.78 is 0. The van der Waals surface area contributed by atoms with Gasteiger partial charge in [0.15, 0.2) is 0 Å². The molecule has 4 nitrogen and oxygen atoms in total. The van der Waals surface area contributed by atoms with E-state index >= 15 is 0 Å². The third-order valence-corrected chi connectivity index (χ3v) is 0.400. The highest BCUT2D eigenvalue weighted by Crippen LogP contribution is 1.58. The lowest BCUT2D eigenvalue weighted by molar-refractivity contribution is 1.09. The quantitative estimate of drug-likeness (QED) is 0.551. The van der Waals surface area contributed by atoms with Crippen LogP contribution in [0.1, 0.15) is 7.43 Å². The molecule has 0 heterocycles. The summed E-state index contributed by atoms with van der Waals surface area (Å²) in [4.78, 5) is 13.5. The molecule has 0 aromatic carbocycles. The number of hydrogen-bond donors (Lipinski definition) is 0. The topological polar surface area (TPSA) is 49.4 Å². The van der Waals surface area contributed by atoms with Crippen LogP contribution < -0.4 is 0 Å². The Morgan fingerprint density at radius 3 is 0.818 bits per heavy atom. The fraction of sp³-hybridized carbons (Fsp3) is 0.429. The normalized spacial score (nSPS) is 5.82. The van der Waals surface area contributed by atoms with Crippen LogP contribution in [0.15, 0.2) is 20.0 Å². The Kier molecular flexibility index (Phi) is 34.7. The molecule has 0 saturated heterocycles. The van der Waals surface area contributed by atoms with Crippen LogP contribution in [0.25, 0.3) is 0 Å². The lowest BCUT2D eigenvalue weighted by Crippen LogP contribution is -1.61. The zero-order valence-electron chi connectivity index (χ0n) is 6.03. The second kappa shape index (κ2) is 23.4. The first-order chi connectivity index (χ1) is 4.83. The summed E-state index contributed by atoms with van der Waals surface area (Å²) in [6, 6.07) is 0. The smallest absolute Gasteiger partial charge is 0.127 e. The molecule has 0 aliphatic carbocycles. The standard InChI is InChI=1S/2C3H6N2.CH4/c2*1-4-3-5-2;/h2*1-3H2;1H4. The zero-order chi connectivity index (χ0) is 8.24. The van der Waals surface area contributed by atoms with Crippen molar-refractivity contribution in [1.29, 1.82) is 0 Å². The molecule has 0 aliphatic rings. The molecule has 0 N–H and O–H groups in total. The van der Waals surface area contributed by atoms with Crippen LogP contribution in [0.2, 0.25) is 0 Å².